The van der Waals surface area contributed by atoms with E-state index >= 15 is 4.39 Å². The van der Waals surface area contributed by atoms with Crippen LogP contribution in [0, 0.1) is 11.6 Å². The van der Waals surface area contributed by atoms with Gasteiger partial charge in [0.15, 0.2) is 0 Å². The lowest BCUT2D eigenvalue weighted by Gasteiger charge is -2.37. The molecule has 3 aromatic rings. The van der Waals surface area contributed by atoms with Crippen LogP contribution in [0.5, 0.6) is 0 Å². The molecular formula is C24H26F2N4O3S. The zero-order valence-corrected chi connectivity index (χ0v) is 19.6. The van der Waals surface area contributed by atoms with Crippen LogP contribution in [-0.4, -0.2) is 34.9 Å². The van der Waals surface area contributed by atoms with Crippen molar-refractivity contribution < 1.29 is 22.0 Å². The molecule has 1 aliphatic rings. The Morgan fingerprint density at radius 3 is 2.59 bits per heavy atom. The van der Waals surface area contributed by atoms with Crippen LogP contribution in [0.15, 0.2) is 54.7 Å². The van der Waals surface area contributed by atoms with Crippen molar-refractivity contribution in [3.8, 4) is 0 Å². The first kappa shape index (κ1) is 24.0. The maximum atomic E-state index is 15.0. The van der Waals surface area contributed by atoms with Crippen LogP contribution in [0.25, 0.3) is 0 Å². The number of carbonyl (C=O) groups excluding carboxylic acids is 1. The second-order valence-electron chi connectivity index (χ2n) is 8.55. The minimum atomic E-state index is -3.78. The molecule has 180 valence electrons. The summed E-state index contributed by atoms with van der Waals surface area (Å²) in [6.45, 7) is 3.03. The van der Waals surface area contributed by atoms with E-state index in [0.717, 1.165) is 12.1 Å². The lowest BCUT2D eigenvalue weighted by Crippen LogP contribution is -2.44. The predicted octanol–water partition coefficient (Wildman–Crippen LogP) is 4.23. The molecule has 1 fully saturated rings. The SMILES string of the molecule is CC(NC(=O)c1ccn[nH]1)c1cc(F)c(CN2[C@@H](C)CC[C@H](c3ccccc3)S2(=O)=O)cc1F. The number of amides is 1. The van der Waals surface area contributed by atoms with Gasteiger partial charge in [-0.2, -0.15) is 9.40 Å². The number of rotatable bonds is 6. The van der Waals surface area contributed by atoms with Gasteiger partial charge in [0.2, 0.25) is 10.0 Å². The minimum Gasteiger partial charge on any atom is -0.344 e. The standard InChI is InChI=1S/C24H26F2N4O3S/c1-15-8-9-23(17-6-4-3-5-7-17)34(32,33)30(15)14-18-12-21(26)19(13-20(18)25)16(2)28-24(31)22-10-11-27-29-22/h3-7,10-13,15-16,23H,8-9,14H2,1-2H3,(H,27,29)(H,28,31)/t15-,16?,23+/m0/s1. The maximum absolute atomic E-state index is 15.0. The molecule has 1 unspecified atom stereocenters. The number of halogens is 2. The number of nitrogens with one attached hydrogen (secondary N) is 2. The summed E-state index contributed by atoms with van der Waals surface area (Å²) in [5, 5.41) is 8.06. The molecule has 0 radical (unpaired) electrons. The quantitative estimate of drug-likeness (QED) is 0.543. The van der Waals surface area contributed by atoms with Crippen LogP contribution in [-0.2, 0) is 16.6 Å². The molecular weight excluding hydrogens is 462 g/mol. The molecule has 34 heavy (non-hydrogen) atoms. The van der Waals surface area contributed by atoms with E-state index in [0.29, 0.717) is 18.4 Å². The van der Waals surface area contributed by atoms with Gasteiger partial charge in [-0.15, -0.1) is 0 Å². The fourth-order valence-electron chi connectivity index (χ4n) is 4.31. The Labute approximate surface area is 197 Å². The summed E-state index contributed by atoms with van der Waals surface area (Å²) < 4.78 is 58.0. The van der Waals surface area contributed by atoms with Crippen molar-refractivity contribution >= 4 is 15.9 Å². The lowest BCUT2D eigenvalue weighted by atomic mass is 10.0. The summed E-state index contributed by atoms with van der Waals surface area (Å²) in [7, 11) is -3.78. The maximum Gasteiger partial charge on any atom is 0.269 e. The van der Waals surface area contributed by atoms with Gasteiger partial charge in [0.1, 0.15) is 22.6 Å². The third-order valence-corrected chi connectivity index (χ3v) is 8.62. The van der Waals surface area contributed by atoms with Crippen molar-refractivity contribution in [1.29, 1.82) is 0 Å². The van der Waals surface area contributed by atoms with E-state index in [9.17, 15) is 17.6 Å². The van der Waals surface area contributed by atoms with Gasteiger partial charge in [-0.05, 0) is 50.5 Å². The van der Waals surface area contributed by atoms with Gasteiger partial charge in [-0.1, -0.05) is 30.3 Å². The second kappa shape index (κ2) is 9.63. The smallest absolute Gasteiger partial charge is 0.269 e. The fraction of sp³-hybridized carbons (Fsp3) is 0.333. The van der Waals surface area contributed by atoms with E-state index in [4.69, 9.17) is 0 Å². The molecule has 1 aliphatic heterocycles. The average molecular weight is 489 g/mol. The summed E-state index contributed by atoms with van der Waals surface area (Å²) >= 11 is 0. The molecule has 2 heterocycles. The van der Waals surface area contributed by atoms with E-state index < -0.39 is 38.9 Å². The van der Waals surface area contributed by atoms with Crippen molar-refractivity contribution in [2.45, 2.75) is 50.6 Å². The van der Waals surface area contributed by atoms with Crippen LogP contribution in [0.1, 0.15) is 65.2 Å². The molecule has 0 saturated carbocycles. The highest BCUT2D eigenvalue weighted by atomic mass is 32.2. The number of hydrogen-bond acceptors (Lipinski definition) is 4. The first-order valence-electron chi connectivity index (χ1n) is 11.0. The predicted molar refractivity (Wildman–Crippen MR) is 123 cm³/mol. The molecule has 10 heteroatoms. The number of benzene rings is 2. The van der Waals surface area contributed by atoms with Gasteiger partial charge in [0.05, 0.1) is 6.04 Å². The van der Waals surface area contributed by atoms with E-state index in [2.05, 4.69) is 15.5 Å². The van der Waals surface area contributed by atoms with E-state index in [1.807, 2.05) is 6.07 Å². The van der Waals surface area contributed by atoms with Crippen molar-refractivity contribution in [3.05, 3.63) is 88.7 Å². The van der Waals surface area contributed by atoms with Crippen molar-refractivity contribution in [3.63, 3.8) is 0 Å². The Bertz CT molecular complexity index is 1270. The van der Waals surface area contributed by atoms with Gasteiger partial charge in [-0.3, -0.25) is 9.89 Å². The first-order chi connectivity index (χ1) is 16.2. The minimum absolute atomic E-state index is 0.0363. The summed E-state index contributed by atoms with van der Waals surface area (Å²) in [5.74, 6) is -1.96. The lowest BCUT2D eigenvalue weighted by molar-refractivity contribution is 0.0934. The molecule has 3 atom stereocenters. The van der Waals surface area contributed by atoms with Crippen molar-refractivity contribution in [2.75, 3.05) is 0 Å². The number of aromatic nitrogens is 2. The van der Waals surface area contributed by atoms with Crippen LogP contribution in [0.2, 0.25) is 0 Å². The molecule has 1 saturated heterocycles. The van der Waals surface area contributed by atoms with E-state index in [1.54, 1.807) is 31.2 Å². The summed E-state index contributed by atoms with van der Waals surface area (Å²) in [6, 6.07) is 11.2. The molecule has 4 rings (SSSR count). The monoisotopic (exact) mass is 488 g/mol. The number of hydrogen-bond donors (Lipinski definition) is 2. The molecule has 0 spiro atoms. The van der Waals surface area contributed by atoms with Crippen LogP contribution in [0.4, 0.5) is 8.78 Å². The molecule has 1 aromatic heterocycles. The fourth-order valence-corrected chi connectivity index (χ4v) is 6.50. The summed E-state index contributed by atoms with van der Waals surface area (Å²) in [4.78, 5) is 12.2. The van der Waals surface area contributed by atoms with Crippen LogP contribution >= 0.6 is 0 Å². The van der Waals surface area contributed by atoms with E-state index in [1.165, 1.54) is 23.5 Å². The summed E-state index contributed by atoms with van der Waals surface area (Å²) in [5.41, 5.74) is 0.785. The average Bonchev–Trinajstić information content (AvgIpc) is 3.34. The Balaban J connectivity index is 1.56. The third-order valence-electron chi connectivity index (χ3n) is 6.25. The first-order valence-corrected chi connectivity index (χ1v) is 12.5. The van der Waals surface area contributed by atoms with Gasteiger partial charge >= 0.3 is 0 Å². The number of aromatic amines is 1. The molecule has 7 nitrogen and oxygen atoms in total. The summed E-state index contributed by atoms with van der Waals surface area (Å²) in [6.07, 6.45) is 2.48. The van der Waals surface area contributed by atoms with Crippen LogP contribution in [0.3, 0.4) is 0 Å². The Hall–Kier alpha value is -3.11. The zero-order chi connectivity index (χ0) is 24.5. The van der Waals surface area contributed by atoms with Gasteiger partial charge in [0, 0.05) is 29.9 Å². The topological polar surface area (TPSA) is 95.2 Å². The largest absolute Gasteiger partial charge is 0.344 e. The van der Waals surface area contributed by atoms with Crippen molar-refractivity contribution in [1.82, 2.24) is 19.8 Å². The molecule has 1 amide bonds. The number of H-pyrrole nitrogens is 1. The zero-order valence-electron chi connectivity index (χ0n) is 18.8. The third kappa shape index (κ3) is 4.74. The highest BCUT2D eigenvalue weighted by molar-refractivity contribution is 7.89. The number of carbonyl (C=O) groups is 1. The number of nitrogens with zero attached hydrogens (tertiary/aromatic N) is 2. The Morgan fingerprint density at radius 2 is 1.91 bits per heavy atom. The van der Waals surface area contributed by atoms with Crippen LogP contribution < -0.4 is 5.32 Å². The van der Waals surface area contributed by atoms with Crippen molar-refractivity contribution in [2.24, 2.45) is 0 Å². The Morgan fingerprint density at radius 1 is 1.18 bits per heavy atom. The normalized spacial score (nSPS) is 21.2. The molecule has 2 aromatic carbocycles. The second-order valence-corrected chi connectivity index (χ2v) is 10.6. The van der Waals surface area contributed by atoms with Gasteiger partial charge < -0.3 is 5.32 Å². The van der Waals surface area contributed by atoms with E-state index in [-0.39, 0.29) is 29.4 Å². The highest BCUT2D eigenvalue weighted by Gasteiger charge is 2.40. The Kier molecular flexibility index (Phi) is 6.81. The number of sulfonamides is 1. The molecule has 2 N–H and O–H groups in total. The van der Waals surface area contributed by atoms with Gasteiger partial charge in [0.25, 0.3) is 5.91 Å². The molecule has 0 aliphatic carbocycles. The van der Waals surface area contributed by atoms with Gasteiger partial charge in [-0.25, -0.2) is 17.2 Å². The molecule has 0 bridgehead atoms. The highest BCUT2D eigenvalue weighted by Crippen LogP contribution is 2.38.